The van der Waals surface area contributed by atoms with Crippen LogP contribution in [0, 0.1) is 5.92 Å². The van der Waals surface area contributed by atoms with Crippen LogP contribution in [0.4, 0.5) is 0 Å². The SMILES string of the molecule is O=C(O)[C@H]1COCC[C@H](O)C1. The molecule has 0 radical (unpaired) electrons. The van der Waals surface area contributed by atoms with Crippen molar-refractivity contribution in [3.63, 3.8) is 0 Å². The molecule has 0 aromatic heterocycles. The lowest BCUT2D eigenvalue weighted by Crippen LogP contribution is -2.21. The number of aliphatic hydroxyl groups is 1. The third-order valence-corrected chi connectivity index (χ3v) is 1.82. The van der Waals surface area contributed by atoms with Crippen LogP contribution in [-0.2, 0) is 9.53 Å². The molecular formula is C7H12O4. The Hall–Kier alpha value is -0.610. The number of carbonyl (C=O) groups is 1. The van der Waals surface area contributed by atoms with Gasteiger partial charge in [-0.1, -0.05) is 0 Å². The van der Waals surface area contributed by atoms with E-state index in [4.69, 9.17) is 14.9 Å². The summed E-state index contributed by atoms with van der Waals surface area (Å²) in [4.78, 5) is 10.5. The molecule has 1 fully saturated rings. The second-order valence-corrected chi connectivity index (χ2v) is 2.79. The molecule has 2 atom stereocenters. The number of carboxylic acids is 1. The molecule has 11 heavy (non-hydrogen) atoms. The smallest absolute Gasteiger partial charge is 0.308 e. The van der Waals surface area contributed by atoms with Crippen LogP contribution in [-0.4, -0.2) is 35.5 Å². The highest BCUT2D eigenvalue weighted by molar-refractivity contribution is 5.70. The van der Waals surface area contributed by atoms with Crippen LogP contribution in [0.2, 0.25) is 0 Å². The van der Waals surface area contributed by atoms with E-state index in [1.165, 1.54) is 0 Å². The van der Waals surface area contributed by atoms with Gasteiger partial charge in [0.25, 0.3) is 0 Å². The number of aliphatic carboxylic acids is 1. The van der Waals surface area contributed by atoms with Crippen molar-refractivity contribution in [3.8, 4) is 0 Å². The third kappa shape index (κ3) is 2.48. The van der Waals surface area contributed by atoms with Crippen LogP contribution < -0.4 is 0 Å². The lowest BCUT2D eigenvalue weighted by atomic mass is 10.0. The summed E-state index contributed by atoms with van der Waals surface area (Å²) in [6.45, 7) is 0.692. The summed E-state index contributed by atoms with van der Waals surface area (Å²) in [5.41, 5.74) is 0. The van der Waals surface area contributed by atoms with Gasteiger partial charge in [-0.15, -0.1) is 0 Å². The van der Waals surface area contributed by atoms with Gasteiger partial charge in [-0.3, -0.25) is 4.79 Å². The molecule has 64 valence electrons. The molecule has 0 aromatic carbocycles. The first-order chi connectivity index (χ1) is 5.20. The van der Waals surface area contributed by atoms with E-state index in [0.29, 0.717) is 19.4 Å². The molecule has 4 nitrogen and oxygen atoms in total. The number of hydrogen-bond acceptors (Lipinski definition) is 3. The van der Waals surface area contributed by atoms with Crippen LogP contribution in [0.5, 0.6) is 0 Å². The molecule has 1 heterocycles. The van der Waals surface area contributed by atoms with E-state index in [9.17, 15) is 4.79 Å². The van der Waals surface area contributed by atoms with E-state index in [1.54, 1.807) is 0 Å². The number of rotatable bonds is 1. The first-order valence-corrected chi connectivity index (χ1v) is 3.68. The number of aliphatic hydroxyl groups excluding tert-OH is 1. The fraction of sp³-hybridized carbons (Fsp3) is 0.857. The average molecular weight is 160 g/mol. The summed E-state index contributed by atoms with van der Waals surface area (Å²) >= 11 is 0. The Morgan fingerprint density at radius 3 is 2.91 bits per heavy atom. The molecule has 1 aliphatic rings. The second kappa shape index (κ2) is 3.69. The highest BCUT2D eigenvalue weighted by atomic mass is 16.5. The van der Waals surface area contributed by atoms with Crippen LogP contribution in [0.15, 0.2) is 0 Å². The van der Waals surface area contributed by atoms with Crippen molar-refractivity contribution in [3.05, 3.63) is 0 Å². The molecule has 2 N–H and O–H groups in total. The second-order valence-electron chi connectivity index (χ2n) is 2.79. The largest absolute Gasteiger partial charge is 0.481 e. The molecule has 0 unspecified atom stereocenters. The third-order valence-electron chi connectivity index (χ3n) is 1.82. The maximum atomic E-state index is 10.5. The Bertz CT molecular complexity index is 145. The van der Waals surface area contributed by atoms with Gasteiger partial charge in [0, 0.05) is 6.61 Å². The lowest BCUT2D eigenvalue weighted by molar-refractivity contribution is -0.144. The molecule has 0 aliphatic carbocycles. The van der Waals surface area contributed by atoms with Gasteiger partial charge >= 0.3 is 5.97 Å². The maximum Gasteiger partial charge on any atom is 0.308 e. The summed E-state index contributed by atoms with van der Waals surface area (Å²) in [7, 11) is 0. The number of carboxylic acid groups (broad SMARTS) is 1. The molecule has 0 amide bonds. The quantitative estimate of drug-likeness (QED) is 0.560. The van der Waals surface area contributed by atoms with Crippen molar-refractivity contribution in [2.24, 2.45) is 5.92 Å². The van der Waals surface area contributed by atoms with E-state index in [0.717, 1.165) is 0 Å². The van der Waals surface area contributed by atoms with Gasteiger partial charge in [0.15, 0.2) is 0 Å². The molecule has 1 saturated heterocycles. The van der Waals surface area contributed by atoms with Gasteiger partial charge in [0.1, 0.15) is 0 Å². The molecule has 0 saturated carbocycles. The fourth-order valence-electron chi connectivity index (χ4n) is 1.13. The Labute approximate surface area is 64.8 Å². The standard InChI is InChI=1S/C7H12O4/c8-6-1-2-11-4-5(3-6)7(9)10/h5-6,8H,1-4H2,(H,9,10)/t5-,6+/m1/s1. The molecule has 4 heteroatoms. The molecule has 1 aliphatic heterocycles. The van der Waals surface area contributed by atoms with Gasteiger partial charge in [0.05, 0.1) is 18.6 Å². The maximum absolute atomic E-state index is 10.5. The van der Waals surface area contributed by atoms with Crippen LogP contribution in [0.25, 0.3) is 0 Å². The Kier molecular flexibility index (Phi) is 2.84. The van der Waals surface area contributed by atoms with Crippen molar-refractivity contribution >= 4 is 5.97 Å². The number of hydrogen-bond donors (Lipinski definition) is 2. The monoisotopic (exact) mass is 160 g/mol. The zero-order chi connectivity index (χ0) is 8.27. The fourth-order valence-corrected chi connectivity index (χ4v) is 1.13. The molecular weight excluding hydrogens is 148 g/mol. The van der Waals surface area contributed by atoms with E-state index in [2.05, 4.69) is 0 Å². The highest BCUT2D eigenvalue weighted by Crippen LogP contribution is 2.14. The normalized spacial score (nSPS) is 32.8. The summed E-state index contributed by atoms with van der Waals surface area (Å²) in [5.74, 6) is -1.42. The van der Waals surface area contributed by atoms with Gasteiger partial charge in [-0.25, -0.2) is 0 Å². The van der Waals surface area contributed by atoms with Crippen LogP contribution in [0.1, 0.15) is 12.8 Å². The van der Waals surface area contributed by atoms with Crippen LogP contribution >= 0.6 is 0 Å². The van der Waals surface area contributed by atoms with Crippen molar-refractivity contribution in [2.75, 3.05) is 13.2 Å². The number of ether oxygens (including phenoxy) is 1. The van der Waals surface area contributed by atoms with E-state index in [-0.39, 0.29) is 6.61 Å². The van der Waals surface area contributed by atoms with E-state index < -0.39 is 18.0 Å². The minimum Gasteiger partial charge on any atom is -0.481 e. The first kappa shape index (κ1) is 8.49. The zero-order valence-electron chi connectivity index (χ0n) is 6.19. The summed E-state index contributed by atoms with van der Waals surface area (Å²) in [5, 5.41) is 17.8. The average Bonchev–Trinajstić information content (AvgIpc) is 2.13. The molecule has 1 rings (SSSR count). The van der Waals surface area contributed by atoms with Crippen molar-refractivity contribution in [1.82, 2.24) is 0 Å². The molecule has 0 aromatic rings. The van der Waals surface area contributed by atoms with Gasteiger partial charge < -0.3 is 14.9 Å². The van der Waals surface area contributed by atoms with E-state index >= 15 is 0 Å². The van der Waals surface area contributed by atoms with E-state index in [1.807, 2.05) is 0 Å². The molecule has 0 spiro atoms. The van der Waals surface area contributed by atoms with Crippen molar-refractivity contribution in [2.45, 2.75) is 18.9 Å². The minimum absolute atomic E-state index is 0.229. The highest BCUT2D eigenvalue weighted by Gasteiger charge is 2.24. The Morgan fingerprint density at radius 2 is 2.27 bits per heavy atom. The predicted octanol–water partition coefficient (Wildman–Crippen LogP) is -0.142. The Morgan fingerprint density at radius 1 is 1.55 bits per heavy atom. The summed E-state index contributed by atoms with van der Waals surface area (Å²) in [6.07, 6.45) is 0.345. The van der Waals surface area contributed by atoms with Crippen molar-refractivity contribution < 1.29 is 19.7 Å². The molecule has 0 bridgehead atoms. The van der Waals surface area contributed by atoms with Gasteiger partial charge in [0.2, 0.25) is 0 Å². The van der Waals surface area contributed by atoms with Crippen LogP contribution in [0.3, 0.4) is 0 Å². The van der Waals surface area contributed by atoms with Gasteiger partial charge in [-0.05, 0) is 12.8 Å². The summed E-state index contributed by atoms with van der Waals surface area (Å²) in [6, 6.07) is 0. The zero-order valence-corrected chi connectivity index (χ0v) is 6.19. The lowest BCUT2D eigenvalue weighted by Gasteiger charge is -2.09. The van der Waals surface area contributed by atoms with Crippen molar-refractivity contribution in [1.29, 1.82) is 0 Å². The Balaban J connectivity index is 2.45. The first-order valence-electron chi connectivity index (χ1n) is 3.68. The predicted molar refractivity (Wildman–Crippen MR) is 37.2 cm³/mol. The summed E-state index contributed by atoms with van der Waals surface area (Å²) < 4.78 is 5.00. The van der Waals surface area contributed by atoms with Gasteiger partial charge in [-0.2, -0.15) is 0 Å². The topological polar surface area (TPSA) is 66.8 Å². The minimum atomic E-state index is -0.883.